The quantitative estimate of drug-likeness (QED) is 0.457. The number of phenolic OH excluding ortho intramolecular Hbond substituents is 1. The minimum atomic E-state index is -0.385. The first-order valence-corrected chi connectivity index (χ1v) is 4.32. The van der Waals surface area contributed by atoms with Crippen LogP contribution in [-0.2, 0) is 4.84 Å². The normalized spacial score (nSPS) is 9.38. The van der Waals surface area contributed by atoms with Crippen molar-refractivity contribution >= 4 is 11.6 Å². The molecular formula is C9H11N4O3+. The Morgan fingerprint density at radius 1 is 1.62 bits per heavy atom. The summed E-state index contributed by atoms with van der Waals surface area (Å²) >= 11 is 0. The molecule has 0 heterocycles. The Labute approximate surface area is 91.4 Å². The number of aromatic hydroxyl groups is 1. The maximum atomic E-state index is 11.6. The molecule has 0 radical (unpaired) electrons. The Bertz CT molecular complexity index is 454. The van der Waals surface area contributed by atoms with E-state index in [0.717, 1.165) is 5.06 Å². The molecule has 0 aliphatic rings. The Morgan fingerprint density at radius 2 is 2.31 bits per heavy atom. The molecule has 0 aliphatic carbocycles. The zero-order valence-corrected chi connectivity index (χ0v) is 8.84. The molecule has 16 heavy (non-hydrogen) atoms. The highest BCUT2D eigenvalue weighted by Crippen LogP contribution is 2.26. The first-order valence-electron chi connectivity index (χ1n) is 4.32. The Balaban J connectivity index is 3.12. The minimum absolute atomic E-state index is 0.0605. The van der Waals surface area contributed by atoms with E-state index in [1.54, 1.807) is 0 Å². The van der Waals surface area contributed by atoms with Crippen LogP contribution in [0.25, 0.3) is 0 Å². The van der Waals surface area contributed by atoms with Crippen LogP contribution >= 0.6 is 0 Å². The Hall–Kier alpha value is -2.24. The number of nitrogens with zero attached hydrogens (tertiary/aromatic N) is 3. The van der Waals surface area contributed by atoms with Crippen LogP contribution in [0.15, 0.2) is 23.3 Å². The van der Waals surface area contributed by atoms with Crippen molar-refractivity contribution < 1.29 is 14.7 Å². The van der Waals surface area contributed by atoms with Crippen LogP contribution in [-0.4, -0.2) is 30.2 Å². The molecule has 0 aliphatic heterocycles. The van der Waals surface area contributed by atoms with Crippen molar-refractivity contribution in [3.05, 3.63) is 23.8 Å². The lowest BCUT2D eigenvalue weighted by molar-refractivity contribution is -0.0756. The fourth-order valence-corrected chi connectivity index (χ4v) is 1.06. The van der Waals surface area contributed by atoms with E-state index < -0.39 is 0 Å². The molecule has 2 N–H and O–H groups in total. The number of rotatable bonds is 3. The first kappa shape index (κ1) is 11.8. The molecular weight excluding hydrogens is 212 g/mol. The van der Waals surface area contributed by atoms with E-state index in [9.17, 15) is 9.90 Å². The van der Waals surface area contributed by atoms with Gasteiger partial charge in [0.2, 0.25) is 4.91 Å². The van der Waals surface area contributed by atoms with E-state index >= 15 is 0 Å². The topological polar surface area (TPSA) is 100 Å². The smallest absolute Gasteiger partial charge is 0.277 e. The second-order valence-electron chi connectivity index (χ2n) is 2.89. The highest BCUT2D eigenvalue weighted by Gasteiger charge is 2.14. The van der Waals surface area contributed by atoms with Crippen LogP contribution in [0.3, 0.4) is 0 Å². The van der Waals surface area contributed by atoms with Gasteiger partial charge in [-0.15, -0.1) is 0 Å². The van der Waals surface area contributed by atoms with E-state index in [-0.39, 0.29) is 22.9 Å². The van der Waals surface area contributed by atoms with Gasteiger partial charge in [0.05, 0.1) is 7.11 Å². The standard InChI is InChI=1S/C9H10N4O3/c1-13(16-2)9(15)6-3-4-8(14)7(5-6)11-12-10/h3-5,10H,1-2H3/p+1. The van der Waals surface area contributed by atoms with Crippen LogP contribution in [0.5, 0.6) is 5.75 Å². The third-order valence-electron chi connectivity index (χ3n) is 1.94. The van der Waals surface area contributed by atoms with Crippen molar-refractivity contribution in [3.8, 4) is 5.75 Å². The molecule has 0 fully saturated rings. The number of hydroxylamine groups is 2. The van der Waals surface area contributed by atoms with Crippen LogP contribution in [0, 0.1) is 5.53 Å². The first-order chi connectivity index (χ1) is 7.60. The SMILES string of the molecule is CON(C)C(=O)c1ccc(O)c(N=[N+]=N)c1. The van der Waals surface area contributed by atoms with Gasteiger partial charge in [-0.05, 0) is 18.2 Å². The molecule has 1 aromatic rings. The molecule has 1 amide bonds. The fourth-order valence-electron chi connectivity index (χ4n) is 1.06. The van der Waals surface area contributed by atoms with E-state index in [2.05, 4.69) is 10.0 Å². The van der Waals surface area contributed by atoms with Crippen LogP contribution < -0.4 is 4.91 Å². The molecule has 0 atom stereocenters. The molecule has 0 saturated heterocycles. The molecule has 7 heteroatoms. The van der Waals surface area contributed by atoms with Crippen molar-refractivity contribution in [1.82, 2.24) is 9.97 Å². The van der Waals surface area contributed by atoms with Crippen LogP contribution in [0.4, 0.5) is 5.69 Å². The predicted octanol–water partition coefficient (Wildman–Crippen LogP) is 1.21. The van der Waals surface area contributed by atoms with Gasteiger partial charge in [0.1, 0.15) is 11.3 Å². The molecule has 0 saturated carbocycles. The van der Waals surface area contributed by atoms with Gasteiger partial charge in [0, 0.05) is 12.6 Å². The Morgan fingerprint density at radius 3 is 2.88 bits per heavy atom. The number of phenols is 1. The lowest BCUT2D eigenvalue weighted by Gasteiger charge is -2.13. The molecule has 1 rings (SSSR count). The minimum Gasteiger partial charge on any atom is -0.505 e. The third kappa shape index (κ3) is 2.41. The number of nitrogens with one attached hydrogen (secondary N) is 1. The fraction of sp³-hybridized carbons (Fsp3) is 0.222. The van der Waals surface area contributed by atoms with Crippen molar-refractivity contribution in [2.24, 2.45) is 5.11 Å². The van der Waals surface area contributed by atoms with Crippen molar-refractivity contribution in [2.75, 3.05) is 14.2 Å². The maximum absolute atomic E-state index is 11.6. The maximum Gasteiger partial charge on any atom is 0.277 e. The molecule has 0 spiro atoms. The summed E-state index contributed by atoms with van der Waals surface area (Å²) in [6.45, 7) is 0. The van der Waals surface area contributed by atoms with E-state index in [4.69, 9.17) is 10.4 Å². The van der Waals surface area contributed by atoms with Gasteiger partial charge in [-0.25, -0.2) is 5.06 Å². The summed E-state index contributed by atoms with van der Waals surface area (Å²) < 4.78 is 0. The Kier molecular flexibility index (Phi) is 3.71. The number of hydrogen-bond acceptors (Lipinski definition) is 5. The number of carbonyl (C=O) groups excluding carboxylic acids is 1. The third-order valence-corrected chi connectivity index (χ3v) is 1.94. The number of benzene rings is 1. The summed E-state index contributed by atoms with van der Waals surface area (Å²) in [5, 5.41) is 13.8. The molecule has 0 bridgehead atoms. The molecule has 84 valence electrons. The van der Waals surface area contributed by atoms with E-state index in [0.29, 0.717) is 0 Å². The summed E-state index contributed by atoms with van der Waals surface area (Å²) in [4.78, 5) is 19.2. The van der Waals surface area contributed by atoms with E-state index in [1.807, 2.05) is 0 Å². The van der Waals surface area contributed by atoms with Gasteiger partial charge in [-0.2, -0.15) is 0 Å². The summed E-state index contributed by atoms with van der Waals surface area (Å²) in [6, 6.07) is 4.06. The van der Waals surface area contributed by atoms with Crippen LogP contribution in [0.1, 0.15) is 10.4 Å². The number of carbonyl (C=O) groups is 1. The second-order valence-corrected chi connectivity index (χ2v) is 2.89. The molecule has 1 aromatic carbocycles. The van der Waals surface area contributed by atoms with Crippen molar-refractivity contribution in [2.45, 2.75) is 0 Å². The van der Waals surface area contributed by atoms with Gasteiger partial charge in [-0.1, -0.05) is 0 Å². The van der Waals surface area contributed by atoms with Gasteiger partial charge < -0.3 is 5.11 Å². The average Bonchev–Trinajstić information content (AvgIpc) is 2.30. The van der Waals surface area contributed by atoms with Crippen molar-refractivity contribution in [3.63, 3.8) is 0 Å². The van der Waals surface area contributed by atoms with Gasteiger partial charge in [0.25, 0.3) is 5.91 Å². The summed E-state index contributed by atoms with van der Waals surface area (Å²) in [7, 11) is 2.82. The zero-order valence-electron chi connectivity index (χ0n) is 8.84. The number of hydrogen-bond donors (Lipinski definition) is 2. The predicted molar refractivity (Wildman–Crippen MR) is 54.2 cm³/mol. The van der Waals surface area contributed by atoms with Gasteiger partial charge >= 0.3 is 0 Å². The summed E-state index contributed by atoms with van der Waals surface area (Å²) in [6.07, 6.45) is 0. The van der Waals surface area contributed by atoms with Gasteiger partial charge in [0.15, 0.2) is 10.8 Å². The summed E-state index contributed by atoms with van der Waals surface area (Å²) in [5.74, 6) is -0.531. The zero-order chi connectivity index (χ0) is 12.1. The van der Waals surface area contributed by atoms with Crippen LogP contribution in [0.2, 0.25) is 0 Å². The second kappa shape index (κ2) is 5.01. The highest BCUT2D eigenvalue weighted by molar-refractivity contribution is 5.94. The molecule has 0 unspecified atom stereocenters. The van der Waals surface area contributed by atoms with Gasteiger partial charge in [-0.3, -0.25) is 9.63 Å². The average molecular weight is 223 g/mol. The lowest BCUT2D eigenvalue weighted by atomic mass is 10.2. The molecule has 7 nitrogen and oxygen atoms in total. The van der Waals surface area contributed by atoms with E-state index in [1.165, 1.54) is 32.4 Å². The molecule has 0 aromatic heterocycles. The monoisotopic (exact) mass is 223 g/mol. The van der Waals surface area contributed by atoms with Crippen molar-refractivity contribution in [1.29, 1.82) is 5.53 Å². The largest absolute Gasteiger partial charge is 0.505 e. The summed E-state index contributed by atoms with van der Waals surface area (Å²) in [5.41, 5.74) is 6.90. The highest BCUT2D eigenvalue weighted by atomic mass is 16.7. The number of amides is 1. The lowest BCUT2D eigenvalue weighted by Crippen LogP contribution is -2.25.